The average molecular weight is 654 g/mol. The molecule has 0 saturated heterocycles. The fourth-order valence-corrected chi connectivity index (χ4v) is 8.18. The van der Waals surface area contributed by atoms with Crippen molar-refractivity contribution >= 4 is 17.1 Å². The summed E-state index contributed by atoms with van der Waals surface area (Å²) >= 11 is 0. The van der Waals surface area contributed by atoms with Gasteiger partial charge < -0.3 is 4.90 Å². The molecule has 0 atom stereocenters. The molecule has 50 heavy (non-hydrogen) atoms. The van der Waals surface area contributed by atoms with Gasteiger partial charge in [0.15, 0.2) is 0 Å². The van der Waals surface area contributed by atoms with E-state index in [4.69, 9.17) is 0 Å². The smallest absolute Gasteiger partial charge is 0.0714 e. The molecule has 0 spiro atoms. The van der Waals surface area contributed by atoms with Crippen LogP contribution in [0.1, 0.15) is 124 Å². The Morgan fingerprint density at radius 1 is 0.400 bits per heavy atom. The molecule has 6 aromatic rings. The maximum absolute atomic E-state index is 2.57. The van der Waals surface area contributed by atoms with Gasteiger partial charge in [0.05, 0.1) is 5.41 Å². The van der Waals surface area contributed by atoms with E-state index in [0.29, 0.717) is 23.7 Å². The summed E-state index contributed by atoms with van der Waals surface area (Å²) in [6.07, 6.45) is 0. The Morgan fingerprint density at radius 2 is 0.860 bits per heavy atom. The highest BCUT2D eigenvalue weighted by Crippen LogP contribution is 2.57. The van der Waals surface area contributed by atoms with Crippen LogP contribution in [0.4, 0.5) is 17.1 Å². The van der Waals surface area contributed by atoms with Crippen molar-refractivity contribution in [3.8, 4) is 11.1 Å². The molecule has 7 rings (SSSR count). The van der Waals surface area contributed by atoms with Crippen LogP contribution in [0.5, 0.6) is 0 Å². The van der Waals surface area contributed by atoms with Gasteiger partial charge in [0.1, 0.15) is 0 Å². The lowest BCUT2D eigenvalue weighted by molar-refractivity contribution is 0.768. The van der Waals surface area contributed by atoms with Crippen molar-refractivity contribution in [2.75, 3.05) is 4.90 Å². The van der Waals surface area contributed by atoms with Gasteiger partial charge in [-0.3, -0.25) is 0 Å². The normalized spacial score (nSPS) is 13.3. The molecule has 6 aromatic carbocycles. The third kappa shape index (κ3) is 5.58. The summed E-state index contributed by atoms with van der Waals surface area (Å²) in [5, 5.41) is 0. The lowest BCUT2D eigenvalue weighted by Gasteiger charge is -2.36. The maximum atomic E-state index is 2.57. The summed E-state index contributed by atoms with van der Waals surface area (Å²) < 4.78 is 0. The summed E-state index contributed by atoms with van der Waals surface area (Å²) in [4.78, 5) is 2.57. The molecule has 0 aromatic heterocycles. The van der Waals surface area contributed by atoms with Gasteiger partial charge in [-0.2, -0.15) is 0 Å². The maximum Gasteiger partial charge on any atom is 0.0714 e. The molecule has 0 aliphatic heterocycles. The summed E-state index contributed by atoms with van der Waals surface area (Å²) in [5.74, 6) is 1.63. The lowest BCUT2D eigenvalue weighted by atomic mass is 9.67. The van der Waals surface area contributed by atoms with Gasteiger partial charge in [-0.05, 0) is 104 Å². The first kappa shape index (κ1) is 33.6. The molecule has 0 saturated carbocycles. The number of benzene rings is 6. The van der Waals surface area contributed by atoms with Crippen LogP contribution in [0, 0.1) is 0 Å². The Bertz CT molecular complexity index is 2010. The van der Waals surface area contributed by atoms with Crippen LogP contribution in [0.3, 0.4) is 0 Å². The molecule has 1 aliphatic rings. The van der Waals surface area contributed by atoms with E-state index >= 15 is 0 Å². The van der Waals surface area contributed by atoms with E-state index in [2.05, 4.69) is 200 Å². The van der Waals surface area contributed by atoms with Crippen LogP contribution in [-0.4, -0.2) is 0 Å². The number of anilines is 3. The molecule has 0 amide bonds. The van der Waals surface area contributed by atoms with Gasteiger partial charge in [-0.15, -0.1) is 0 Å². The van der Waals surface area contributed by atoms with E-state index in [1.54, 1.807) is 0 Å². The Balaban J connectivity index is 1.57. The van der Waals surface area contributed by atoms with Crippen LogP contribution in [-0.2, 0) is 5.41 Å². The quantitative estimate of drug-likeness (QED) is 0.150. The minimum Gasteiger partial charge on any atom is -0.310 e. The first-order chi connectivity index (χ1) is 24.1. The number of hydrogen-bond acceptors (Lipinski definition) is 1. The van der Waals surface area contributed by atoms with Gasteiger partial charge >= 0.3 is 0 Å². The van der Waals surface area contributed by atoms with E-state index in [9.17, 15) is 0 Å². The van der Waals surface area contributed by atoms with Gasteiger partial charge in [0.2, 0.25) is 0 Å². The molecule has 0 N–H and O–H groups in total. The summed E-state index contributed by atoms with van der Waals surface area (Å²) in [5.41, 5.74) is 16.6. The van der Waals surface area contributed by atoms with Crippen molar-refractivity contribution in [1.82, 2.24) is 0 Å². The Morgan fingerprint density at radius 3 is 1.34 bits per heavy atom. The van der Waals surface area contributed by atoms with E-state index in [1.165, 1.54) is 72.7 Å². The van der Waals surface area contributed by atoms with Gasteiger partial charge in [-0.1, -0.05) is 171 Å². The summed E-state index contributed by atoms with van der Waals surface area (Å²) in [6.45, 7) is 18.5. The molecule has 0 radical (unpaired) electrons. The molecule has 0 bridgehead atoms. The molecule has 252 valence electrons. The van der Waals surface area contributed by atoms with Gasteiger partial charge in [-0.25, -0.2) is 0 Å². The van der Waals surface area contributed by atoms with Gasteiger partial charge in [0.25, 0.3) is 0 Å². The second kappa shape index (κ2) is 13.4. The van der Waals surface area contributed by atoms with Crippen LogP contribution in [0.2, 0.25) is 0 Å². The average Bonchev–Trinajstić information content (AvgIpc) is 3.43. The SMILES string of the molecule is CC(C)c1ccc(N(c2ccc3c(c2)C(c2ccccc2)(c2ccccc2)c2ccccc2-3)c2ccc(C(C)C)cc2C(C)C)c(C(C)C)c1. The third-order valence-corrected chi connectivity index (χ3v) is 10.9. The van der Waals surface area contributed by atoms with Crippen LogP contribution in [0.15, 0.2) is 140 Å². The molecule has 0 heterocycles. The van der Waals surface area contributed by atoms with Gasteiger partial charge in [0, 0.05) is 17.1 Å². The number of nitrogens with zero attached hydrogens (tertiary/aromatic N) is 1. The summed E-state index contributed by atoms with van der Waals surface area (Å²) in [6, 6.07) is 52.9. The number of fused-ring (bicyclic) bond motifs is 3. The molecule has 0 unspecified atom stereocenters. The standard InChI is InChI=1S/C49H51N/c1-32(2)36-23-27-47(43(29-36)34(5)6)50(48-28-24-37(33(3)4)30-44(48)35(7)8)40-25-26-42-41-21-15-16-22-45(41)49(46(42)31-40,38-17-11-9-12-18-38)39-19-13-10-14-20-39/h9-35H,1-8H3. The van der Waals surface area contributed by atoms with Crippen LogP contribution >= 0.6 is 0 Å². The van der Waals surface area contributed by atoms with Crippen molar-refractivity contribution in [2.45, 2.75) is 84.5 Å². The van der Waals surface area contributed by atoms with Crippen molar-refractivity contribution in [3.05, 3.63) is 184 Å². The molecule has 0 fully saturated rings. The zero-order valence-corrected chi connectivity index (χ0v) is 31.0. The lowest BCUT2D eigenvalue weighted by Crippen LogP contribution is -2.28. The Labute approximate surface area is 300 Å². The predicted molar refractivity (Wildman–Crippen MR) is 215 cm³/mol. The minimum atomic E-state index is -0.457. The summed E-state index contributed by atoms with van der Waals surface area (Å²) in [7, 11) is 0. The van der Waals surface area contributed by atoms with Crippen LogP contribution < -0.4 is 4.90 Å². The largest absolute Gasteiger partial charge is 0.310 e. The highest BCUT2D eigenvalue weighted by Gasteiger charge is 2.46. The fourth-order valence-electron chi connectivity index (χ4n) is 8.18. The molecule has 1 nitrogen and oxygen atoms in total. The highest BCUT2D eigenvalue weighted by atomic mass is 15.1. The van der Waals surface area contributed by atoms with E-state index in [0.717, 1.165) is 0 Å². The van der Waals surface area contributed by atoms with Crippen molar-refractivity contribution < 1.29 is 0 Å². The second-order valence-electron chi connectivity index (χ2n) is 15.3. The van der Waals surface area contributed by atoms with Crippen molar-refractivity contribution in [1.29, 1.82) is 0 Å². The van der Waals surface area contributed by atoms with Crippen molar-refractivity contribution in [2.24, 2.45) is 0 Å². The zero-order chi connectivity index (χ0) is 35.2. The molecular weight excluding hydrogens is 603 g/mol. The number of hydrogen-bond donors (Lipinski definition) is 0. The van der Waals surface area contributed by atoms with Crippen molar-refractivity contribution in [3.63, 3.8) is 0 Å². The molecule has 1 heteroatoms. The zero-order valence-electron chi connectivity index (χ0n) is 31.0. The number of rotatable bonds is 9. The predicted octanol–water partition coefficient (Wildman–Crippen LogP) is 14.0. The fraction of sp³-hybridized carbons (Fsp3) is 0.265. The Hall–Kier alpha value is -4.88. The van der Waals surface area contributed by atoms with E-state index in [1.807, 2.05) is 0 Å². The first-order valence-electron chi connectivity index (χ1n) is 18.6. The van der Waals surface area contributed by atoms with E-state index in [-0.39, 0.29) is 0 Å². The first-order valence-corrected chi connectivity index (χ1v) is 18.6. The topological polar surface area (TPSA) is 3.24 Å². The van der Waals surface area contributed by atoms with Crippen LogP contribution in [0.25, 0.3) is 11.1 Å². The second-order valence-corrected chi connectivity index (χ2v) is 15.3. The monoisotopic (exact) mass is 653 g/mol. The highest BCUT2D eigenvalue weighted by molar-refractivity contribution is 5.90. The third-order valence-electron chi connectivity index (χ3n) is 10.9. The molecular formula is C49H51N. The van der Waals surface area contributed by atoms with E-state index < -0.39 is 5.41 Å². The molecule has 1 aliphatic carbocycles. The minimum absolute atomic E-state index is 0.357. The Kier molecular flexibility index (Phi) is 9.04.